The number of ether oxygens (including phenoxy) is 1. The monoisotopic (exact) mass is 530 g/mol. The Morgan fingerprint density at radius 1 is 1.50 bits per heavy atom. The van der Waals surface area contributed by atoms with Crippen molar-refractivity contribution in [3.63, 3.8) is 0 Å². The summed E-state index contributed by atoms with van der Waals surface area (Å²) in [6.07, 6.45) is 0.917. The minimum absolute atomic E-state index is 0.0626. The summed E-state index contributed by atoms with van der Waals surface area (Å²) in [5.41, 5.74) is 4.13. The van der Waals surface area contributed by atoms with Gasteiger partial charge < -0.3 is 9.39 Å². The van der Waals surface area contributed by atoms with Crippen LogP contribution in [0.4, 0.5) is 14.5 Å². The van der Waals surface area contributed by atoms with Crippen molar-refractivity contribution < 1.29 is 23.1 Å². The van der Waals surface area contributed by atoms with Gasteiger partial charge in [0.05, 0.1) is 36.3 Å². The molecule has 0 aliphatic carbocycles. The molecule has 1 aliphatic rings. The summed E-state index contributed by atoms with van der Waals surface area (Å²) < 4.78 is 33.9. The number of pyridine rings is 1. The normalized spacial score (nSPS) is 16.1. The molecular formula is C15H22BF2IN4O4S. The Labute approximate surface area is 180 Å². The molecule has 1 N–H and O–H groups in total. The van der Waals surface area contributed by atoms with Gasteiger partial charge in [0, 0.05) is 13.2 Å². The molecule has 0 fully saturated rings. The number of alkyl halides is 1. The van der Waals surface area contributed by atoms with E-state index in [1.165, 1.54) is 11.1 Å². The molecule has 0 spiro atoms. The van der Waals surface area contributed by atoms with Crippen molar-refractivity contribution in [3.05, 3.63) is 45.3 Å². The number of anilines is 1. The molecule has 0 bridgehead atoms. The number of nitrogens with zero attached hydrogens (tertiary/aromatic N) is 3. The molecule has 0 saturated carbocycles. The van der Waals surface area contributed by atoms with Crippen LogP contribution in [0.25, 0.3) is 0 Å². The van der Waals surface area contributed by atoms with Crippen molar-refractivity contribution in [2.75, 3.05) is 31.7 Å². The summed E-state index contributed by atoms with van der Waals surface area (Å²) in [5, 5.41) is 12.9. The van der Waals surface area contributed by atoms with Gasteiger partial charge in [-0.05, 0) is 26.0 Å². The molecule has 0 amide bonds. The van der Waals surface area contributed by atoms with Crippen LogP contribution in [-0.2, 0) is 9.39 Å². The summed E-state index contributed by atoms with van der Waals surface area (Å²) in [5.74, 6) is 0.289. The maximum absolute atomic E-state index is 13.6. The molecule has 1 aromatic heterocycles. The Morgan fingerprint density at radius 2 is 2.18 bits per heavy atom. The molecule has 0 aromatic carbocycles. The lowest BCUT2D eigenvalue weighted by Crippen LogP contribution is -2.40. The summed E-state index contributed by atoms with van der Waals surface area (Å²) >= 11 is 3.80. The Bertz CT molecular complexity index is 704. The molecule has 28 heavy (non-hydrogen) atoms. The molecule has 156 valence electrons. The molecule has 0 radical (unpaired) electrons. The summed E-state index contributed by atoms with van der Waals surface area (Å²) in [6, 6.07) is 1.28. The van der Waals surface area contributed by atoms with Gasteiger partial charge in [0.1, 0.15) is 11.5 Å². The largest absolute Gasteiger partial charge is 0.434 e. The van der Waals surface area contributed by atoms with Gasteiger partial charge in [-0.3, -0.25) is 24.5 Å². The van der Waals surface area contributed by atoms with Gasteiger partial charge in [-0.25, -0.2) is 4.39 Å². The van der Waals surface area contributed by atoms with E-state index in [2.05, 4.69) is 32.8 Å². The highest BCUT2D eigenvalue weighted by atomic mass is 127. The first-order valence-corrected chi connectivity index (χ1v) is 10.5. The number of hydrogen-bond donors (Lipinski definition) is 1. The number of halogens is 3. The van der Waals surface area contributed by atoms with Crippen molar-refractivity contribution in [2.24, 2.45) is 0 Å². The second kappa shape index (κ2) is 12.5. The van der Waals surface area contributed by atoms with E-state index >= 15 is 0 Å². The maximum atomic E-state index is 13.6. The lowest BCUT2D eigenvalue weighted by molar-refractivity contribution is -0.437. The van der Waals surface area contributed by atoms with Gasteiger partial charge in [-0.15, -0.1) is 0 Å². The van der Waals surface area contributed by atoms with Gasteiger partial charge in [-0.2, -0.15) is 17.0 Å². The van der Waals surface area contributed by atoms with Crippen LogP contribution < -0.4 is 10.4 Å². The molecule has 8 nitrogen and oxygen atoms in total. The van der Waals surface area contributed by atoms with Gasteiger partial charge >= 0.3 is 9.75 Å². The number of nitro groups is 1. The van der Waals surface area contributed by atoms with Crippen molar-refractivity contribution >= 4 is 43.7 Å². The van der Waals surface area contributed by atoms with Crippen molar-refractivity contribution in [1.82, 2.24) is 10.4 Å². The van der Waals surface area contributed by atoms with Crippen molar-refractivity contribution in [3.8, 4) is 0 Å². The highest BCUT2D eigenvalue weighted by Gasteiger charge is 2.39. The fraction of sp³-hybridized carbons (Fsp3) is 0.533. The number of nitrogens with one attached hydrogen (secondary N) is 1. The van der Waals surface area contributed by atoms with Gasteiger partial charge in [0.25, 0.3) is 0 Å². The van der Waals surface area contributed by atoms with Crippen LogP contribution in [0.15, 0.2) is 23.7 Å². The van der Waals surface area contributed by atoms with Crippen molar-refractivity contribution in [2.45, 2.75) is 26.5 Å². The third kappa shape index (κ3) is 6.79. The minimum Gasteiger partial charge on any atom is -0.420 e. The molecular weight excluding hydrogens is 508 g/mol. The molecule has 0 saturated heterocycles. The minimum atomic E-state index is -0.907. The molecule has 2 rings (SSSR count). The summed E-state index contributed by atoms with van der Waals surface area (Å²) in [6.45, 7) is 3.64. The highest BCUT2D eigenvalue weighted by Crippen LogP contribution is 2.29. The molecule has 1 aromatic rings. The molecule has 2 heterocycles. The van der Waals surface area contributed by atoms with Gasteiger partial charge in [0.2, 0.25) is 6.23 Å². The van der Waals surface area contributed by atoms with Crippen LogP contribution >= 0.6 is 34.0 Å². The lowest BCUT2D eigenvalue weighted by Gasteiger charge is -2.22. The van der Waals surface area contributed by atoms with E-state index in [0.717, 1.165) is 18.4 Å². The predicted molar refractivity (Wildman–Crippen MR) is 115 cm³/mol. The predicted octanol–water partition coefficient (Wildman–Crippen LogP) is 3.48. The first-order chi connectivity index (χ1) is 13.3. The third-order valence-electron chi connectivity index (χ3n) is 3.67. The summed E-state index contributed by atoms with van der Waals surface area (Å²) in [4.78, 5) is 14.9. The van der Waals surface area contributed by atoms with Gasteiger partial charge in [0.15, 0.2) is 0 Å². The van der Waals surface area contributed by atoms with Crippen LogP contribution in [0, 0.1) is 22.9 Å². The zero-order valence-corrected chi connectivity index (χ0v) is 18.9. The van der Waals surface area contributed by atoms with Crippen LogP contribution in [0.3, 0.4) is 0 Å². The van der Waals surface area contributed by atoms with Crippen molar-refractivity contribution in [1.29, 1.82) is 0 Å². The van der Waals surface area contributed by atoms with E-state index in [1.807, 2.05) is 0 Å². The first-order valence-electron chi connectivity index (χ1n) is 8.16. The van der Waals surface area contributed by atoms with Gasteiger partial charge in [-0.1, -0.05) is 22.4 Å². The first kappa shape index (κ1) is 25.0. The van der Waals surface area contributed by atoms with Crippen LogP contribution in [0.5, 0.6) is 0 Å². The van der Waals surface area contributed by atoms with Crippen LogP contribution in [0.1, 0.15) is 19.0 Å². The Balaban J connectivity index is 0.00000190. The standard InChI is InChI=1S/C14H19BFIN4O4S.CH3F/c1-9-12(7-11(16)8-18-9)20-10(2)13(21(22)23)14(19-20)25-5-4-6-26-15(17)24-3;1-2/h7-8,14,19H,4-6H2,1-3H3;1H3. The van der Waals surface area contributed by atoms with E-state index in [0.29, 0.717) is 30.9 Å². The number of aromatic nitrogens is 1. The second-order valence-corrected chi connectivity index (χ2v) is 8.58. The molecule has 13 heteroatoms. The Morgan fingerprint density at radius 3 is 2.79 bits per heavy atom. The highest BCUT2D eigenvalue weighted by molar-refractivity contribution is 14.1. The SMILES string of the molecule is CF.COB(I)SCCCOC1NN(c2cc(F)cnc2C)C(C)=C1[N+](=O)[O-]. The number of aryl methyl sites for hydroxylation is 1. The van der Waals surface area contributed by atoms with E-state index in [-0.39, 0.29) is 9.75 Å². The maximum Gasteiger partial charge on any atom is 0.434 e. The molecule has 1 unspecified atom stereocenters. The average molecular weight is 530 g/mol. The number of hydrogen-bond acceptors (Lipinski definition) is 8. The molecule has 1 atom stereocenters. The number of rotatable bonds is 9. The zero-order chi connectivity index (χ0) is 21.3. The summed E-state index contributed by atoms with van der Waals surface area (Å²) in [7, 11) is 2.14. The Kier molecular flexibility index (Phi) is 11.2. The number of allylic oxidation sites excluding steroid dienone is 1. The van der Waals surface area contributed by atoms with E-state index in [9.17, 15) is 18.9 Å². The average Bonchev–Trinajstić information content (AvgIpc) is 3.01. The fourth-order valence-corrected chi connectivity index (χ4v) is 3.77. The van der Waals surface area contributed by atoms with E-state index < -0.39 is 17.0 Å². The second-order valence-electron chi connectivity index (χ2n) is 5.44. The molecule has 1 aliphatic heterocycles. The zero-order valence-electron chi connectivity index (χ0n) is 15.9. The van der Waals surface area contributed by atoms with Crippen LogP contribution in [0.2, 0.25) is 0 Å². The Hall–Kier alpha value is -1.03. The number of hydrazine groups is 1. The van der Waals surface area contributed by atoms with Crippen LogP contribution in [-0.4, -0.2) is 46.8 Å². The fourth-order valence-electron chi connectivity index (χ4n) is 2.40. The third-order valence-corrected chi connectivity index (χ3v) is 6.24. The van der Waals surface area contributed by atoms with E-state index in [1.54, 1.807) is 32.6 Å². The lowest BCUT2D eigenvalue weighted by atomic mass is 10.2. The van der Waals surface area contributed by atoms with E-state index in [4.69, 9.17) is 9.39 Å². The quantitative estimate of drug-likeness (QED) is 0.171. The topological polar surface area (TPSA) is 89.8 Å². The smallest absolute Gasteiger partial charge is 0.420 e.